The Morgan fingerprint density at radius 2 is 1.68 bits per heavy atom. The molecule has 0 radical (unpaired) electrons. The van der Waals surface area contributed by atoms with E-state index in [9.17, 15) is 14.4 Å². The number of carbonyl (C=O) groups excluding carboxylic acids is 3. The van der Waals surface area contributed by atoms with Crippen molar-refractivity contribution in [1.82, 2.24) is 0 Å². The molecule has 0 saturated heterocycles. The maximum Gasteiger partial charge on any atom is 0.145 e. The summed E-state index contributed by atoms with van der Waals surface area (Å²) in [4.78, 5) is 36.6. The van der Waals surface area contributed by atoms with Gasteiger partial charge in [0.25, 0.3) is 0 Å². The molecule has 0 aromatic carbocycles. The molecule has 0 spiro atoms. The van der Waals surface area contributed by atoms with Gasteiger partial charge in [-0.1, -0.05) is 13.8 Å². The van der Waals surface area contributed by atoms with Gasteiger partial charge in [-0.3, -0.25) is 14.4 Å². The van der Waals surface area contributed by atoms with Crippen molar-refractivity contribution in [3.8, 4) is 0 Å². The van der Waals surface area contributed by atoms with E-state index in [1.54, 1.807) is 13.8 Å². The first kappa shape index (κ1) is 13.0. The van der Waals surface area contributed by atoms with Crippen molar-refractivity contribution in [2.75, 3.05) is 0 Å². The Balaban J connectivity index is 2.08. The van der Waals surface area contributed by atoms with Crippen molar-refractivity contribution in [3.05, 3.63) is 0 Å². The van der Waals surface area contributed by atoms with E-state index in [2.05, 4.69) is 0 Å². The molecule has 0 amide bonds. The Morgan fingerprint density at radius 3 is 2.21 bits per heavy atom. The maximum atomic E-state index is 12.9. The zero-order valence-corrected chi connectivity index (χ0v) is 12.2. The summed E-state index contributed by atoms with van der Waals surface area (Å²) in [7, 11) is 0. The van der Waals surface area contributed by atoms with Crippen LogP contribution in [0.2, 0.25) is 0 Å². The number of hydrogen-bond acceptors (Lipinski definition) is 3. The summed E-state index contributed by atoms with van der Waals surface area (Å²) in [6.07, 6.45) is 2.25. The van der Waals surface area contributed by atoms with E-state index in [1.807, 2.05) is 13.8 Å². The van der Waals surface area contributed by atoms with Crippen molar-refractivity contribution in [3.63, 3.8) is 0 Å². The zero-order chi connectivity index (χ0) is 14.2. The Bertz CT molecular complexity index is 494. The van der Waals surface area contributed by atoms with Crippen LogP contribution in [0.25, 0.3) is 0 Å². The van der Waals surface area contributed by atoms with Crippen molar-refractivity contribution >= 4 is 17.3 Å². The highest BCUT2D eigenvalue weighted by molar-refractivity contribution is 5.99. The number of rotatable bonds is 2. The smallest absolute Gasteiger partial charge is 0.145 e. The van der Waals surface area contributed by atoms with E-state index in [0.717, 1.165) is 12.8 Å². The molecule has 4 bridgehead atoms. The SMILES string of the molecule is CC(=O)[C@@H]1C[C@@]2(C)C(=O)[C@@]3(C)C[C@@H]1[C@@H]2C[C@H]3C(C)=O. The minimum absolute atomic E-state index is 0.0358. The summed E-state index contributed by atoms with van der Waals surface area (Å²) < 4.78 is 0. The van der Waals surface area contributed by atoms with Gasteiger partial charge in [0, 0.05) is 22.7 Å². The fourth-order valence-corrected chi connectivity index (χ4v) is 5.60. The predicted molar refractivity (Wildman–Crippen MR) is 70.4 cm³/mol. The van der Waals surface area contributed by atoms with Gasteiger partial charge in [0.1, 0.15) is 17.3 Å². The van der Waals surface area contributed by atoms with E-state index in [0.29, 0.717) is 12.3 Å². The highest BCUT2D eigenvalue weighted by atomic mass is 16.1. The summed E-state index contributed by atoms with van der Waals surface area (Å²) in [5, 5.41) is 0. The van der Waals surface area contributed by atoms with Crippen LogP contribution in [0.1, 0.15) is 47.0 Å². The number of carbonyl (C=O) groups is 3. The van der Waals surface area contributed by atoms with Crippen LogP contribution in [0.5, 0.6) is 0 Å². The molecule has 6 atom stereocenters. The molecule has 0 N–H and O–H groups in total. The third kappa shape index (κ3) is 1.36. The molecule has 3 nitrogen and oxygen atoms in total. The van der Waals surface area contributed by atoms with E-state index in [4.69, 9.17) is 0 Å². The minimum atomic E-state index is -0.524. The first-order valence-corrected chi connectivity index (χ1v) is 7.27. The molecule has 4 aliphatic rings. The number of hydrogen-bond donors (Lipinski definition) is 0. The summed E-state index contributed by atoms with van der Waals surface area (Å²) in [5.41, 5.74) is -0.885. The normalized spacial score (nSPS) is 51.5. The van der Waals surface area contributed by atoms with Crippen molar-refractivity contribution in [2.24, 2.45) is 34.5 Å². The topological polar surface area (TPSA) is 51.2 Å². The summed E-state index contributed by atoms with van der Waals surface area (Å²) >= 11 is 0. The number of Topliss-reactive ketones (excluding diaryl/α,β-unsaturated/α-hetero) is 3. The average molecular weight is 262 g/mol. The van der Waals surface area contributed by atoms with Crippen LogP contribution < -0.4 is 0 Å². The van der Waals surface area contributed by atoms with Crippen LogP contribution in [0, 0.1) is 34.5 Å². The van der Waals surface area contributed by atoms with Crippen LogP contribution in [-0.4, -0.2) is 17.3 Å². The van der Waals surface area contributed by atoms with Crippen LogP contribution in [0.3, 0.4) is 0 Å². The molecule has 0 aliphatic heterocycles. The standard InChI is InChI=1S/C16H22O3/c1-8(17)10-6-16(4)13-5-12(9(2)18)15(3,14(16)19)7-11(10)13/h10-13H,5-7H2,1-4H3/t10-,11-,12-,13-,15-,16+/m0/s1. The molecule has 4 aliphatic carbocycles. The van der Waals surface area contributed by atoms with Crippen LogP contribution >= 0.6 is 0 Å². The lowest BCUT2D eigenvalue weighted by Crippen LogP contribution is -2.59. The van der Waals surface area contributed by atoms with E-state index in [-0.39, 0.29) is 40.5 Å². The highest BCUT2D eigenvalue weighted by Crippen LogP contribution is 2.69. The Hall–Kier alpha value is -0.990. The van der Waals surface area contributed by atoms with Crippen LogP contribution in [-0.2, 0) is 14.4 Å². The Kier molecular flexibility index (Phi) is 2.44. The van der Waals surface area contributed by atoms with Gasteiger partial charge in [-0.25, -0.2) is 0 Å². The monoisotopic (exact) mass is 262 g/mol. The molecular formula is C16H22O3. The van der Waals surface area contributed by atoms with Crippen molar-refractivity contribution < 1.29 is 14.4 Å². The number of ketones is 3. The lowest BCUT2D eigenvalue weighted by Gasteiger charge is -2.56. The minimum Gasteiger partial charge on any atom is -0.300 e. The molecule has 3 heteroatoms. The molecule has 4 rings (SSSR count). The second kappa shape index (κ2) is 3.56. The summed E-state index contributed by atoms with van der Waals surface area (Å²) in [6, 6.07) is 0. The number of fused-ring (bicyclic) bond motifs is 1. The summed E-state index contributed by atoms with van der Waals surface area (Å²) in [6.45, 7) is 7.25. The first-order chi connectivity index (χ1) is 8.71. The molecular weight excluding hydrogens is 240 g/mol. The van der Waals surface area contributed by atoms with Crippen LogP contribution in [0.15, 0.2) is 0 Å². The van der Waals surface area contributed by atoms with Gasteiger partial charge >= 0.3 is 0 Å². The highest BCUT2D eigenvalue weighted by Gasteiger charge is 2.70. The van der Waals surface area contributed by atoms with Gasteiger partial charge in [0.15, 0.2) is 0 Å². The van der Waals surface area contributed by atoms with Gasteiger partial charge in [-0.2, -0.15) is 0 Å². The first-order valence-electron chi connectivity index (χ1n) is 7.27. The molecule has 4 fully saturated rings. The van der Waals surface area contributed by atoms with Gasteiger partial charge in [0.2, 0.25) is 0 Å². The third-order valence-corrected chi connectivity index (χ3v) is 6.46. The van der Waals surface area contributed by atoms with E-state index in [1.165, 1.54) is 0 Å². The molecule has 0 unspecified atom stereocenters. The van der Waals surface area contributed by atoms with Gasteiger partial charge in [-0.05, 0) is 44.9 Å². The van der Waals surface area contributed by atoms with Crippen molar-refractivity contribution in [1.29, 1.82) is 0 Å². The molecule has 0 aromatic rings. The fraction of sp³-hybridized carbons (Fsp3) is 0.812. The average Bonchev–Trinajstić information content (AvgIpc) is 2.56. The predicted octanol–water partition coefficient (Wildman–Crippen LogP) is 2.42. The van der Waals surface area contributed by atoms with E-state index < -0.39 is 5.41 Å². The van der Waals surface area contributed by atoms with Crippen LogP contribution in [0.4, 0.5) is 0 Å². The van der Waals surface area contributed by atoms with E-state index >= 15 is 0 Å². The molecule has 0 heterocycles. The second-order valence-electron chi connectivity index (χ2n) is 7.46. The van der Waals surface area contributed by atoms with Gasteiger partial charge < -0.3 is 0 Å². The second-order valence-corrected chi connectivity index (χ2v) is 7.46. The molecule has 4 saturated carbocycles. The van der Waals surface area contributed by atoms with Gasteiger partial charge in [0.05, 0.1) is 0 Å². The quantitative estimate of drug-likeness (QED) is 0.768. The zero-order valence-electron chi connectivity index (χ0n) is 12.2. The Labute approximate surface area is 114 Å². The molecule has 104 valence electrons. The Morgan fingerprint density at radius 1 is 1.05 bits per heavy atom. The lowest BCUT2D eigenvalue weighted by atomic mass is 9.45. The maximum absolute atomic E-state index is 12.9. The molecule has 19 heavy (non-hydrogen) atoms. The summed E-state index contributed by atoms with van der Waals surface area (Å²) in [5.74, 6) is 1.08. The van der Waals surface area contributed by atoms with Crippen molar-refractivity contribution in [2.45, 2.75) is 47.0 Å². The van der Waals surface area contributed by atoms with Gasteiger partial charge in [-0.15, -0.1) is 0 Å². The lowest BCUT2D eigenvalue weighted by molar-refractivity contribution is -0.166. The third-order valence-electron chi connectivity index (χ3n) is 6.46. The molecule has 0 aromatic heterocycles. The largest absolute Gasteiger partial charge is 0.300 e. The fourth-order valence-electron chi connectivity index (χ4n) is 5.60.